The van der Waals surface area contributed by atoms with Crippen LogP contribution in [0.25, 0.3) is 17.0 Å². The summed E-state index contributed by atoms with van der Waals surface area (Å²) >= 11 is 1.33. The van der Waals surface area contributed by atoms with Crippen molar-refractivity contribution in [2.75, 3.05) is 11.9 Å². The Hall–Kier alpha value is -4.69. The van der Waals surface area contributed by atoms with Gasteiger partial charge in [-0.15, -0.1) is 0 Å². The number of rotatable bonds is 6. The molecule has 0 spiro atoms. The van der Waals surface area contributed by atoms with Crippen LogP contribution in [0.1, 0.15) is 31.0 Å². The van der Waals surface area contributed by atoms with Gasteiger partial charge in [-0.25, -0.2) is 4.99 Å². The first-order valence-electron chi connectivity index (χ1n) is 13.1. The molecule has 0 aliphatic carbocycles. The van der Waals surface area contributed by atoms with Gasteiger partial charge < -0.3 is 14.6 Å². The summed E-state index contributed by atoms with van der Waals surface area (Å²) in [6, 6.07) is 24.3. The maximum absolute atomic E-state index is 14.0. The number of amides is 1. The van der Waals surface area contributed by atoms with Crippen molar-refractivity contribution in [3.8, 4) is 5.75 Å². The highest BCUT2D eigenvalue weighted by Crippen LogP contribution is 2.32. The lowest BCUT2D eigenvalue weighted by molar-refractivity contribution is -0.113. The van der Waals surface area contributed by atoms with Gasteiger partial charge in [0, 0.05) is 35.4 Å². The number of anilines is 1. The summed E-state index contributed by atoms with van der Waals surface area (Å²) in [5.74, 6) is 0.431. The van der Waals surface area contributed by atoms with Crippen molar-refractivity contribution < 1.29 is 9.53 Å². The highest BCUT2D eigenvalue weighted by Gasteiger charge is 2.32. The number of hydrogen-bond donors (Lipinski definition) is 1. The smallest absolute Gasteiger partial charge is 0.271 e. The molecule has 5 aromatic rings. The van der Waals surface area contributed by atoms with Gasteiger partial charge in [0.25, 0.3) is 11.5 Å². The second-order valence-corrected chi connectivity index (χ2v) is 10.6. The fourth-order valence-electron chi connectivity index (χ4n) is 5.19. The van der Waals surface area contributed by atoms with Crippen LogP contribution in [0.5, 0.6) is 5.75 Å². The van der Waals surface area contributed by atoms with E-state index in [2.05, 4.69) is 22.0 Å². The molecule has 1 atom stereocenters. The van der Waals surface area contributed by atoms with Crippen LogP contribution in [-0.2, 0) is 11.8 Å². The fourth-order valence-corrected chi connectivity index (χ4v) is 6.23. The summed E-state index contributed by atoms with van der Waals surface area (Å²) < 4.78 is 9.89. The zero-order valence-electron chi connectivity index (χ0n) is 22.4. The van der Waals surface area contributed by atoms with Crippen molar-refractivity contribution in [1.82, 2.24) is 9.13 Å². The van der Waals surface area contributed by atoms with Gasteiger partial charge >= 0.3 is 0 Å². The molecule has 3 aromatic carbocycles. The average molecular weight is 549 g/mol. The van der Waals surface area contributed by atoms with Crippen molar-refractivity contribution in [2.24, 2.45) is 12.0 Å². The van der Waals surface area contributed by atoms with E-state index in [-0.39, 0.29) is 11.5 Å². The van der Waals surface area contributed by atoms with Crippen LogP contribution in [0.4, 0.5) is 5.69 Å². The molecule has 1 amide bonds. The van der Waals surface area contributed by atoms with Gasteiger partial charge in [0.15, 0.2) is 4.80 Å². The Balaban J connectivity index is 1.52. The number of carbonyl (C=O) groups is 1. The molecule has 1 aliphatic heterocycles. The van der Waals surface area contributed by atoms with E-state index in [1.807, 2.05) is 99.9 Å². The van der Waals surface area contributed by atoms with Crippen molar-refractivity contribution in [3.05, 3.63) is 127 Å². The molecule has 200 valence electrons. The first kappa shape index (κ1) is 25.6. The summed E-state index contributed by atoms with van der Waals surface area (Å²) in [6.45, 7) is 4.30. The van der Waals surface area contributed by atoms with E-state index in [0.29, 0.717) is 32.9 Å². The molecule has 0 radical (unpaired) electrons. The highest BCUT2D eigenvalue weighted by molar-refractivity contribution is 7.07. The number of aryl methyl sites for hydroxylation is 1. The molecule has 2 aromatic heterocycles. The molecule has 40 heavy (non-hydrogen) atoms. The van der Waals surface area contributed by atoms with Crippen LogP contribution in [0.3, 0.4) is 0 Å². The number of ether oxygens (including phenoxy) is 1. The number of aromatic nitrogens is 2. The molecule has 3 heterocycles. The second-order valence-electron chi connectivity index (χ2n) is 9.62. The number of thiazole rings is 1. The van der Waals surface area contributed by atoms with Gasteiger partial charge in [0.2, 0.25) is 0 Å². The topological polar surface area (TPSA) is 77.6 Å². The molecule has 0 unspecified atom stereocenters. The minimum atomic E-state index is -0.648. The molecule has 8 heteroatoms. The SMILES string of the molecule is CCOc1ccc([C@H]2C(C(=O)Nc3ccccc3)=C(C)N=c3s/c(=C\c4cn(C)c5ccccc45)c(=O)n32)cc1. The summed E-state index contributed by atoms with van der Waals surface area (Å²) in [7, 11) is 1.99. The predicted octanol–water partition coefficient (Wildman–Crippen LogP) is 4.76. The third kappa shape index (κ3) is 4.56. The van der Waals surface area contributed by atoms with Crippen LogP contribution in [-0.4, -0.2) is 21.6 Å². The number of benzene rings is 3. The van der Waals surface area contributed by atoms with E-state index in [1.54, 1.807) is 4.57 Å². The van der Waals surface area contributed by atoms with Crippen LogP contribution < -0.4 is 24.9 Å². The summed E-state index contributed by atoms with van der Waals surface area (Å²) in [5.41, 5.74) is 4.33. The number of fused-ring (bicyclic) bond motifs is 2. The third-order valence-electron chi connectivity index (χ3n) is 7.02. The van der Waals surface area contributed by atoms with Crippen LogP contribution >= 0.6 is 11.3 Å². The van der Waals surface area contributed by atoms with E-state index in [9.17, 15) is 9.59 Å². The zero-order valence-corrected chi connectivity index (χ0v) is 23.2. The number of nitrogens with zero attached hydrogens (tertiary/aromatic N) is 3. The summed E-state index contributed by atoms with van der Waals surface area (Å²) in [6.07, 6.45) is 3.95. The first-order valence-corrected chi connectivity index (χ1v) is 13.9. The van der Waals surface area contributed by atoms with E-state index < -0.39 is 6.04 Å². The van der Waals surface area contributed by atoms with E-state index in [1.165, 1.54) is 11.3 Å². The van der Waals surface area contributed by atoms with Gasteiger partial charge in [-0.3, -0.25) is 14.2 Å². The van der Waals surface area contributed by atoms with Crippen molar-refractivity contribution >= 4 is 39.9 Å². The quantitative estimate of drug-likeness (QED) is 0.332. The standard InChI is InChI=1S/C32H28N4O3S/c1-4-39-24-16-14-21(15-17-24)29-28(30(37)34-23-10-6-5-7-11-23)20(2)33-32-36(29)31(38)27(40-32)18-22-19-35(3)26-13-9-8-12-25(22)26/h5-19,29H,4H2,1-3H3,(H,34,37)/b27-18-/t29-/m0/s1. The first-order chi connectivity index (χ1) is 19.4. The summed E-state index contributed by atoms with van der Waals surface area (Å²) in [4.78, 5) is 33.1. The maximum Gasteiger partial charge on any atom is 0.271 e. The number of para-hydroxylation sites is 2. The molecule has 0 saturated carbocycles. The lowest BCUT2D eigenvalue weighted by Gasteiger charge is -2.25. The normalized spacial score (nSPS) is 15.2. The van der Waals surface area contributed by atoms with Gasteiger partial charge in [-0.1, -0.05) is 59.9 Å². The maximum atomic E-state index is 14.0. The van der Waals surface area contributed by atoms with Gasteiger partial charge in [-0.05, 0) is 55.8 Å². The number of hydrogen-bond acceptors (Lipinski definition) is 5. The Bertz CT molecular complexity index is 1950. The monoisotopic (exact) mass is 548 g/mol. The minimum Gasteiger partial charge on any atom is -0.494 e. The molecule has 1 N–H and O–H groups in total. The van der Waals surface area contributed by atoms with E-state index in [4.69, 9.17) is 9.73 Å². The Morgan fingerprint density at radius 1 is 1.05 bits per heavy atom. The average Bonchev–Trinajstić information content (AvgIpc) is 3.44. The predicted molar refractivity (Wildman–Crippen MR) is 159 cm³/mol. The second kappa shape index (κ2) is 10.5. The van der Waals surface area contributed by atoms with Crippen LogP contribution in [0, 0.1) is 0 Å². The molecule has 6 rings (SSSR count). The molecule has 0 fully saturated rings. The minimum absolute atomic E-state index is 0.187. The molecule has 0 saturated heterocycles. The number of nitrogens with one attached hydrogen (secondary N) is 1. The molecule has 0 bridgehead atoms. The third-order valence-corrected chi connectivity index (χ3v) is 8.00. The Morgan fingerprint density at radius 3 is 2.52 bits per heavy atom. The van der Waals surface area contributed by atoms with E-state index in [0.717, 1.165) is 27.8 Å². The number of allylic oxidation sites excluding steroid dienone is 1. The van der Waals surface area contributed by atoms with Crippen LogP contribution in [0.2, 0.25) is 0 Å². The molecule has 1 aliphatic rings. The number of carbonyl (C=O) groups excluding carboxylic acids is 1. The molecular weight excluding hydrogens is 520 g/mol. The Morgan fingerprint density at radius 2 is 1.77 bits per heavy atom. The molecular formula is C32H28N4O3S. The van der Waals surface area contributed by atoms with Gasteiger partial charge in [0.1, 0.15) is 5.75 Å². The Kier molecular flexibility index (Phi) is 6.69. The van der Waals surface area contributed by atoms with Gasteiger partial charge in [0.05, 0.1) is 28.5 Å². The van der Waals surface area contributed by atoms with Crippen molar-refractivity contribution in [1.29, 1.82) is 0 Å². The lowest BCUT2D eigenvalue weighted by atomic mass is 9.95. The Labute approximate surface area is 235 Å². The van der Waals surface area contributed by atoms with Gasteiger partial charge in [-0.2, -0.15) is 0 Å². The largest absolute Gasteiger partial charge is 0.494 e. The van der Waals surface area contributed by atoms with Crippen molar-refractivity contribution in [3.63, 3.8) is 0 Å². The lowest BCUT2D eigenvalue weighted by Crippen LogP contribution is -2.40. The molecule has 7 nitrogen and oxygen atoms in total. The van der Waals surface area contributed by atoms with Crippen molar-refractivity contribution in [2.45, 2.75) is 19.9 Å². The van der Waals surface area contributed by atoms with Crippen LogP contribution in [0.15, 0.2) is 106 Å². The highest BCUT2D eigenvalue weighted by atomic mass is 32.1. The zero-order chi connectivity index (χ0) is 27.8. The summed E-state index contributed by atoms with van der Waals surface area (Å²) in [5, 5.41) is 4.06. The van der Waals surface area contributed by atoms with E-state index >= 15 is 0 Å². The fraction of sp³-hybridized carbons (Fsp3) is 0.156.